The van der Waals surface area contributed by atoms with Crippen molar-refractivity contribution < 1.29 is 9.47 Å². The van der Waals surface area contributed by atoms with Gasteiger partial charge in [0.25, 0.3) is 0 Å². The molecule has 0 bridgehead atoms. The molecule has 0 N–H and O–H groups in total. The number of aromatic nitrogens is 1. The minimum absolute atomic E-state index is 0.810. The Labute approximate surface area is 101 Å². The monoisotopic (exact) mass is 229 g/mol. The van der Waals surface area contributed by atoms with E-state index in [-0.39, 0.29) is 0 Å². The van der Waals surface area contributed by atoms with Gasteiger partial charge in [-0.2, -0.15) is 0 Å². The van der Waals surface area contributed by atoms with Crippen molar-refractivity contribution >= 4 is 0 Å². The summed E-state index contributed by atoms with van der Waals surface area (Å²) in [5.74, 6) is 1.67. The number of nitrogens with zero attached hydrogens (tertiary/aromatic N) is 1. The first kappa shape index (κ1) is 11.5. The maximum absolute atomic E-state index is 5.20. The Kier molecular flexibility index (Phi) is 3.28. The first-order valence-electron chi connectivity index (χ1n) is 5.39. The zero-order valence-corrected chi connectivity index (χ0v) is 10.2. The average molecular weight is 229 g/mol. The highest BCUT2D eigenvalue weighted by molar-refractivity contribution is 5.65. The Morgan fingerprint density at radius 1 is 0.941 bits per heavy atom. The van der Waals surface area contributed by atoms with Crippen LogP contribution in [0.15, 0.2) is 36.5 Å². The number of methoxy groups -OCH3 is 2. The van der Waals surface area contributed by atoms with Crippen LogP contribution >= 0.6 is 0 Å². The van der Waals surface area contributed by atoms with E-state index in [9.17, 15) is 0 Å². The molecule has 17 heavy (non-hydrogen) atoms. The standard InChI is InChI=1S/C14H15NO2/c1-10-8-11(16-2)4-5-13(10)14-9-12(17-3)6-7-15-14/h4-9H,1-3H3. The van der Waals surface area contributed by atoms with Crippen LogP contribution in [0.1, 0.15) is 5.56 Å². The molecule has 0 saturated heterocycles. The van der Waals surface area contributed by atoms with Crippen molar-refractivity contribution in [1.82, 2.24) is 4.98 Å². The number of hydrogen-bond acceptors (Lipinski definition) is 3. The van der Waals surface area contributed by atoms with E-state index in [1.807, 2.05) is 37.3 Å². The molecule has 3 nitrogen and oxygen atoms in total. The van der Waals surface area contributed by atoms with E-state index in [1.54, 1.807) is 20.4 Å². The highest BCUT2D eigenvalue weighted by Gasteiger charge is 2.05. The van der Waals surface area contributed by atoms with Crippen LogP contribution in [0.3, 0.4) is 0 Å². The van der Waals surface area contributed by atoms with Crippen molar-refractivity contribution in [3.8, 4) is 22.8 Å². The molecule has 0 atom stereocenters. The van der Waals surface area contributed by atoms with E-state index < -0.39 is 0 Å². The van der Waals surface area contributed by atoms with Crippen LogP contribution in [0.25, 0.3) is 11.3 Å². The Morgan fingerprint density at radius 2 is 1.65 bits per heavy atom. The maximum Gasteiger partial charge on any atom is 0.122 e. The average Bonchev–Trinajstić information content (AvgIpc) is 2.38. The van der Waals surface area contributed by atoms with Crippen molar-refractivity contribution in [2.24, 2.45) is 0 Å². The molecule has 0 aliphatic carbocycles. The van der Waals surface area contributed by atoms with Gasteiger partial charge < -0.3 is 9.47 Å². The fourth-order valence-corrected chi connectivity index (χ4v) is 1.74. The van der Waals surface area contributed by atoms with E-state index in [0.717, 1.165) is 28.3 Å². The van der Waals surface area contributed by atoms with E-state index in [1.165, 1.54) is 0 Å². The molecule has 0 unspecified atom stereocenters. The predicted octanol–water partition coefficient (Wildman–Crippen LogP) is 3.07. The second kappa shape index (κ2) is 4.87. The first-order chi connectivity index (χ1) is 8.24. The molecule has 2 rings (SSSR count). The van der Waals surface area contributed by atoms with E-state index in [0.29, 0.717) is 0 Å². The van der Waals surface area contributed by atoms with Crippen LogP contribution in [-0.2, 0) is 0 Å². The Morgan fingerprint density at radius 3 is 2.29 bits per heavy atom. The van der Waals surface area contributed by atoms with Crippen molar-refractivity contribution in [3.05, 3.63) is 42.1 Å². The summed E-state index contributed by atoms with van der Waals surface area (Å²) in [6.07, 6.45) is 1.75. The largest absolute Gasteiger partial charge is 0.497 e. The molecule has 0 saturated carbocycles. The normalized spacial score (nSPS) is 10.1. The third-order valence-electron chi connectivity index (χ3n) is 2.68. The number of hydrogen-bond donors (Lipinski definition) is 0. The smallest absolute Gasteiger partial charge is 0.122 e. The fraction of sp³-hybridized carbons (Fsp3) is 0.214. The van der Waals surface area contributed by atoms with E-state index in [4.69, 9.17) is 9.47 Å². The summed E-state index contributed by atoms with van der Waals surface area (Å²) in [7, 11) is 3.32. The molecule has 0 aliphatic rings. The summed E-state index contributed by atoms with van der Waals surface area (Å²) in [6.45, 7) is 2.04. The van der Waals surface area contributed by atoms with Gasteiger partial charge in [-0.25, -0.2) is 0 Å². The van der Waals surface area contributed by atoms with E-state index >= 15 is 0 Å². The summed E-state index contributed by atoms with van der Waals surface area (Å²) in [5, 5.41) is 0. The molecule has 0 spiro atoms. The van der Waals surface area contributed by atoms with Gasteiger partial charge in [-0.1, -0.05) is 0 Å². The lowest BCUT2D eigenvalue weighted by Crippen LogP contribution is -1.90. The molecule has 0 amide bonds. The molecule has 88 valence electrons. The lowest BCUT2D eigenvalue weighted by molar-refractivity contribution is 0.414. The number of ether oxygens (including phenoxy) is 2. The zero-order valence-electron chi connectivity index (χ0n) is 10.2. The lowest BCUT2D eigenvalue weighted by Gasteiger charge is -2.08. The van der Waals surface area contributed by atoms with Gasteiger partial charge in [-0.05, 0) is 36.8 Å². The van der Waals surface area contributed by atoms with Crippen LogP contribution in [0.2, 0.25) is 0 Å². The molecule has 3 heteroatoms. The topological polar surface area (TPSA) is 31.4 Å². The summed E-state index contributed by atoms with van der Waals surface area (Å²) >= 11 is 0. The molecular formula is C14H15NO2. The van der Waals surface area contributed by atoms with Gasteiger partial charge in [-0.3, -0.25) is 4.98 Å². The highest BCUT2D eigenvalue weighted by atomic mass is 16.5. The molecule has 0 fully saturated rings. The van der Waals surface area contributed by atoms with Crippen LogP contribution in [0.5, 0.6) is 11.5 Å². The van der Waals surface area contributed by atoms with Gasteiger partial charge in [0.1, 0.15) is 11.5 Å². The van der Waals surface area contributed by atoms with Gasteiger partial charge in [-0.15, -0.1) is 0 Å². The number of aryl methyl sites for hydroxylation is 1. The third-order valence-corrected chi connectivity index (χ3v) is 2.68. The molecule has 1 aromatic heterocycles. The maximum atomic E-state index is 5.20. The highest BCUT2D eigenvalue weighted by Crippen LogP contribution is 2.27. The second-order valence-corrected chi connectivity index (χ2v) is 3.76. The predicted molar refractivity (Wildman–Crippen MR) is 67.5 cm³/mol. The zero-order chi connectivity index (χ0) is 12.3. The van der Waals surface area contributed by atoms with Crippen LogP contribution < -0.4 is 9.47 Å². The quantitative estimate of drug-likeness (QED) is 0.810. The Bertz CT molecular complexity index is 523. The number of pyridine rings is 1. The number of rotatable bonds is 3. The second-order valence-electron chi connectivity index (χ2n) is 3.76. The van der Waals surface area contributed by atoms with E-state index in [2.05, 4.69) is 4.98 Å². The lowest BCUT2D eigenvalue weighted by atomic mass is 10.0. The fourth-order valence-electron chi connectivity index (χ4n) is 1.74. The van der Waals surface area contributed by atoms with Crippen LogP contribution in [0.4, 0.5) is 0 Å². The molecule has 0 aliphatic heterocycles. The molecular weight excluding hydrogens is 214 g/mol. The number of benzene rings is 1. The van der Waals surface area contributed by atoms with Crippen molar-refractivity contribution in [2.75, 3.05) is 14.2 Å². The van der Waals surface area contributed by atoms with Gasteiger partial charge >= 0.3 is 0 Å². The van der Waals surface area contributed by atoms with Gasteiger partial charge in [0.15, 0.2) is 0 Å². The molecule has 1 aromatic carbocycles. The third kappa shape index (κ3) is 2.38. The molecule has 1 heterocycles. The van der Waals surface area contributed by atoms with Crippen molar-refractivity contribution in [1.29, 1.82) is 0 Å². The summed E-state index contributed by atoms with van der Waals surface area (Å²) in [5.41, 5.74) is 3.12. The first-order valence-corrected chi connectivity index (χ1v) is 5.39. The minimum atomic E-state index is 0.810. The SMILES string of the molecule is COc1ccnc(-c2ccc(OC)cc2C)c1. The van der Waals surface area contributed by atoms with Crippen LogP contribution in [0, 0.1) is 6.92 Å². The van der Waals surface area contributed by atoms with Crippen LogP contribution in [-0.4, -0.2) is 19.2 Å². The van der Waals surface area contributed by atoms with Gasteiger partial charge in [0, 0.05) is 17.8 Å². The molecule has 2 aromatic rings. The van der Waals surface area contributed by atoms with Gasteiger partial charge in [0.05, 0.1) is 19.9 Å². The summed E-state index contributed by atoms with van der Waals surface area (Å²) in [6, 6.07) is 9.70. The van der Waals surface area contributed by atoms with Crippen molar-refractivity contribution in [2.45, 2.75) is 6.92 Å². The van der Waals surface area contributed by atoms with Gasteiger partial charge in [0.2, 0.25) is 0 Å². The summed E-state index contributed by atoms with van der Waals surface area (Å²) < 4.78 is 10.4. The Hall–Kier alpha value is -2.03. The van der Waals surface area contributed by atoms with Crippen molar-refractivity contribution in [3.63, 3.8) is 0 Å². The summed E-state index contributed by atoms with van der Waals surface area (Å²) in [4.78, 5) is 4.35. The minimum Gasteiger partial charge on any atom is -0.497 e. The molecule has 0 radical (unpaired) electrons. The Balaban J connectivity index is 2.45.